The fourth-order valence-electron chi connectivity index (χ4n) is 1.47. The maximum Gasteiger partial charge on any atom is 0.129 e. The zero-order valence-corrected chi connectivity index (χ0v) is 9.95. The highest BCUT2D eigenvalue weighted by Crippen LogP contribution is 2.21. The lowest BCUT2D eigenvalue weighted by Gasteiger charge is -2.12. The van der Waals surface area contributed by atoms with E-state index in [1.165, 1.54) is 0 Å². The van der Waals surface area contributed by atoms with Crippen molar-refractivity contribution in [2.24, 2.45) is 0 Å². The number of furan rings is 1. The summed E-state index contributed by atoms with van der Waals surface area (Å²) >= 11 is 5.71. The fourth-order valence-corrected chi connectivity index (χ4v) is 1.58. The monoisotopic (exact) mass is 236 g/mol. The van der Waals surface area contributed by atoms with Crippen LogP contribution in [-0.2, 0) is 0 Å². The number of hydrogen-bond acceptors (Lipinski definition) is 3. The van der Waals surface area contributed by atoms with Gasteiger partial charge < -0.3 is 9.73 Å². The molecule has 16 heavy (non-hydrogen) atoms. The zero-order valence-electron chi connectivity index (χ0n) is 9.20. The van der Waals surface area contributed by atoms with Gasteiger partial charge in [0.15, 0.2) is 0 Å². The molecule has 0 amide bonds. The van der Waals surface area contributed by atoms with E-state index in [9.17, 15) is 0 Å². The molecular formula is C12H13ClN2O. The van der Waals surface area contributed by atoms with E-state index in [1.54, 1.807) is 12.3 Å². The van der Waals surface area contributed by atoms with Crippen LogP contribution in [0.5, 0.6) is 0 Å². The van der Waals surface area contributed by atoms with Gasteiger partial charge in [0, 0.05) is 0 Å². The van der Waals surface area contributed by atoms with Gasteiger partial charge >= 0.3 is 0 Å². The molecule has 0 aromatic carbocycles. The summed E-state index contributed by atoms with van der Waals surface area (Å²) in [6.45, 7) is 3.97. The van der Waals surface area contributed by atoms with Gasteiger partial charge in [0.05, 0.1) is 17.9 Å². The molecule has 84 valence electrons. The molecule has 1 unspecified atom stereocenters. The highest BCUT2D eigenvalue weighted by atomic mass is 35.5. The van der Waals surface area contributed by atoms with Gasteiger partial charge in [-0.15, -0.1) is 0 Å². The van der Waals surface area contributed by atoms with Crippen molar-refractivity contribution in [3.8, 4) is 0 Å². The number of aryl methyl sites for hydroxylation is 1. The minimum atomic E-state index is 0.108. The largest absolute Gasteiger partial charge is 0.464 e. The SMILES string of the molecule is Cc1ccc(C(C)Nc2ccc(Cl)nc2)o1. The van der Waals surface area contributed by atoms with Gasteiger partial charge in [-0.25, -0.2) is 4.98 Å². The van der Waals surface area contributed by atoms with Crippen LogP contribution in [0.15, 0.2) is 34.9 Å². The van der Waals surface area contributed by atoms with Crippen LogP contribution < -0.4 is 5.32 Å². The highest BCUT2D eigenvalue weighted by molar-refractivity contribution is 6.29. The molecular weight excluding hydrogens is 224 g/mol. The van der Waals surface area contributed by atoms with Crippen LogP contribution in [0.3, 0.4) is 0 Å². The topological polar surface area (TPSA) is 38.1 Å². The third-order valence-electron chi connectivity index (χ3n) is 2.30. The Labute approximate surface area is 99.5 Å². The number of halogens is 1. The Hall–Kier alpha value is -1.48. The Morgan fingerprint density at radius 1 is 1.31 bits per heavy atom. The van der Waals surface area contributed by atoms with Gasteiger partial charge in [-0.05, 0) is 38.1 Å². The molecule has 0 radical (unpaired) electrons. The van der Waals surface area contributed by atoms with E-state index in [0.717, 1.165) is 17.2 Å². The van der Waals surface area contributed by atoms with Crippen LogP contribution in [0.1, 0.15) is 24.5 Å². The normalized spacial score (nSPS) is 12.4. The summed E-state index contributed by atoms with van der Waals surface area (Å²) in [7, 11) is 0. The summed E-state index contributed by atoms with van der Waals surface area (Å²) < 4.78 is 5.53. The van der Waals surface area contributed by atoms with Gasteiger partial charge in [-0.1, -0.05) is 11.6 Å². The van der Waals surface area contributed by atoms with E-state index in [4.69, 9.17) is 16.0 Å². The van der Waals surface area contributed by atoms with Gasteiger partial charge in [0.25, 0.3) is 0 Å². The number of aromatic nitrogens is 1. The van der Waals surface area contributed by atoms with Crippen LogP contribution in [0.4, 0.5) is 5.69 Å². The molecule has 0 saturated carbocycles. The minimum absolute atomic E-state index is 0.108. The van der Waals surface area contributed by atoms with Crippen molar-refractivity contribution in [3.05, 3.63) is 47.1 Å². The number of anilines is 1. The lowest BCUT2D eigenvalue weighted by Crippen LogP contribution is -2.05. The first kappa shape index (κ1) is 11.0. The van der Waals surface area contributed by atoms with Crippen molar-refractivity contribution in [1.29, 1.82) is 0 Å². The minimum Gasteiger partial charge on any atom is -0.464 e. The third-order valence-corrected chi connectivity index (χ3v) is 2.52. The van der Waals surface area contributed by atoms with Crippen LogP contribution in [0, 0.1) is 6.92 Å². The molecule has 2 aromatic rings. The molecule has 2 aromatic heterocycles. The molecule has 0 aliphatic heterocycles. The average Bonchev–Trinajstić information content (AvgIpc) is 2.68. The second-order valence-electron chi connectivity index (χ2n) is 3.68. The van der Waals surface area contributed by atoms with Gasteiger partial charge in [-0.3, -0.25) is 0 Å². The maximum absolute atomic E-state index is 5.71. The molecule has 0 spiro atoms. The molecule has 2 rings (SSSR count). The lowest BCUT2D eigenvalue weighted by atomic mass is 10.2. The average molecular weight is 237 g/mol. The zero-order chi connectivity index (χ0) is 11.5. The predicted molar refractivity (Wildman–Crippen MR) is 64.7 cm³/mol. The standard InChI is InChI=1S/C12H13ClN2O/c1-8-3-5-11(16-8)9(2)15-10-4-6-12(13)14-7-10/h3-7,9,15H,1-2H3. The summed E-state index contributed by atoms with van der Waals surface area (Å²) in [5, 5.41) is 3.78. The van der Waals surface area contributed by atoms with Gasteiger partial charge in [0.1, 0.15) is 16.7 Å². The molecule has 0 aliphatic rings. The number of hydrogen-bond donors (Lipinski definition) is 1. The van der Waals surface area contributed by atoms with Crippen LogP contribution in [0.25, 0.3) is 0 Å². The summed E-state index contributed by atoms with van der Waals surface area (Å²) in [5.74, 6) is 1.82. The first-order chi connectivity index (χ1) is 7.65. The van der Waals surface area contributed by atoms with Crippen LogP contribution in [-0.4, -0.2) is 4.98 Å². The molecule has 0 fully saturated rings. The van der Waals surface area contributed by atoms with E-state index in [-0.39, 0.29) is 6.04 Å². The number of nitrogens with zero attached hydrogens (tertiary/aromatic N) is 1. The Kier molecular flexibility index (Phi) is 3.15. The number of pyridine rings is 1. The van der Waals surface area contributed by atoms with Crippen molar-refractivity contribution in [3.63, 3.8) is 0 Å². The highest BCUT2D eigenvalue weighted by Gasteiger charge is 2.08. The van der Waals surface area contributed by atoms with E-state index in [0.29, 0.717) is 5.15 Å². The van der Waals surface area contributed by atoms with Crippen LogP contribution >= 0.6 is 11.6 Å². The Bertz CT molecular complexity index is 464. The summed E-state index contributed by atoms with van der Waals surface area (Å²) in [6, 6.07) is 7.67. The van der Waals surface area contributed by atoms with Crippen molar-refractivity contribution in [1.82, 2.24) is 4.98 Å². The number of nitrogens with one attached hydrogen (secondary N) is 1. The summed E-state index contributed by atoms with van der Waals surface area (Å²) in [4.78, 5) is 4.00. The molecule has 0 aliphatic carbocycles. The Morgan fingerprint density at radius 2 is 2.12 bits per heavy atom. The van der Waals surface area contributed by atoms with E-state index >= 15 is 0 Å². The summed E-state index contributed by atoms with van der Waals surface area (Å²) in [6.07, 6.45) is 1.70. The van der Waals surface area contributed by atoms with Crippen molar-refractivity contribution in [2.75, 3.05) is 5.32 Å². The second kappa shape index (κ2) is 4.58. The maximum atomic E-state index is 5.71. The quantitative estimate of drug-likeness (QED) is 0.824. The predicted octanol–water partition coefficient (Wildman–Crippen LogP) is 3.81. The third kappa shape index (κ3) is 2.55. The molecule has 3 nitrogen and oxygen atoms in total. The van der Waals surface area contributed by atoms with Crippen LogP contribution in [0.2, 0.25) is 5.15 Å². The molecule has 1 N–H and O–H groups in total. The lowest BCUT2D eigenvalue weighted by molar-refractivity contribution is 0.467. The Morgan fingerprint density at radius 3 is 2.69 bits per heavy atom. The van der Waals surface area contributed by atoms with Gasteiger partial charge in [0.2, 0.25) is 0 Å². The summed E-state index contributed by atoms with van der Waals surface area (Å²) in [5.41, 5.74) is 0.922. The molecule has 0 saturated heterocycles. The molecule has 1 atom stereocenters. The first-order valence-corrected chi connectivity index (χ1v) is 5.47. The fraction of sp³-hybridized carbons (Fsp3) is 0.250. The second-order valence-corrected chi connectivity index (χ2v) is 4.07. The Balaban J connectivity index is 2.07. The number of rotatable bonds is 3. The molecule has 0 bridgehead atoms. The van der Waals surface area contributed by atoms with Crippen molar-refractivity contribution >= 4 is 17.3 Å². The van der Waals surface area contributed by atoms with E-state index < -0.39 is 0 Å². The van der Waals surface area contributed by atoms with Gasteiger partial charge in [-0.2, -0.15) is 0 Å². The van der Waals surface area contributed by atoms with Crippen molar-refractivity contribution in [2.45, 2.75) is 19.9 Å². The van der Waals surface area contributed by atoms with E-state index in [2.05, 4.69) is 10.3 Å². The smallest absolute Gasteiger partial charge is 0.129 e. The molecule has 4 heteroatoms. The van der Waals surface area contributed by atoms with Crippen molar-refractivity contribution < 1.29 is 4.42 Å². The molecule has 2 heterocycles. The first-order valence-electron chi connectivity index (χ1n) is 5.09. The van der Waals surface area contributed by atoms with E-state index in [1.807, 2.05) is 32.0 Å².